The molecular weight excluding hydrogens is 402 g/mol. The van der Waals surface area contributed by atoms with Gasteiger partial charge >= 0.3 is 12.1 Å². The maximum absolute atomic E-state index is 12.6. The highest BCUT2D eigenvalue weighted by Crippen LogP contribution is 2.27. The number of rotatable bonds is 7. The molecule has 30 heavy (non-hydrogen) atoms. The van der Waals surface area contributed by atoms with E-state index in [9.17, 15) is 9.59 Å². The molecule has 0 unspecified atom stereocenters. The van der Waals surface area contributed by atoms with E-state index in [1.165, 1.54) is 0 Å². The number of amides is 1. The van der Waals surface area contributed by atoms with Crippen molar-refractivity contribution in [1.29, 1.82) is 0 Å². The average molecular weight is 432 g/mol. The fourth-order valence-corrected chi connectivity index (χ4v) is 3.17. The van der Waals surface area contributed by atoms with E-state index in [1.54, 1.807) is 27.7 Å². The van der Waals surface area contributed by atoms with Crippen LogP contribution in [-0.4, -0.2) is 29.8 Å². The Morgan fingerprint density at radius 2 is 1.60 bits per heavy atom. The van der Waals surface area contributed by atoms with Gasteiger partial charge in [0.25, 0.3) is 0 Å². The van der Waals surface area contributed by atoms with Gasteiger partial charge in [0.05, 0.1) is 0 Å². The molecule has 3 atom stereocenters. The molecule has 0 saturated heterocycles. The highest BCUT2D eigenvalue weighted by Gasteiger charge is 2.27. The Morgan fingerprint density at radius 3 is 2.17 bits per heavy atom. The van der Waals surface area contributed by atoms with Crippen LogP contribution < -0.4 is 5.32 Å². The molecule has 6 heteroatoms. The van der Waals surface area contributed by atoms with Gasteiger partial charge in [-0.25, -0.2) is 9.59 Å². The molecule has 0 fully saturated rings. The number of hydrogen-bond acceptors (Lipinski definition) is 4. The molecule has 0 spiro atoms. The lowest BCUT2D eigenvalue weighted by Gasteiger charge is -2.27. The van der Waals surface area contributed by atoms with Crippen LogP contribution in [0, 0.1) is 0 Å². The first-order valence-electron chi connectivity index (χ1n) is 10.0. The number of ether oxygens (including phenoxy) is 2. The molecule has 0 aliphatic carbocycles. The lowest BCUT2D eigenvalue weighted by Crippen LogP contribution is -2.43. The van der Waals surface area contributed by atoms with Crippen LogP contribution in [-0.2, 0) is 20.7 Å². The summed E-state index contributed by atoms with van der Waals surface area (Å²) in [5, 5.41) is 3.20. The van der Waals surface area contributed by atoms with Crippen molar-refractivity contribution in [3.8, 4) is 0 Å². The normalized spacial score (nSPS) is 14.3. The van der Waals surface area contributed by atoms with E-state index in [2.05, 4.69) is 5.32 Å². The van der Waals surface area contributed by atoms with Gasteiger partial charge in [-0.1, -0.05) is 54.1 Å². The summed E-state index contributed by atoms with van der Waals surface area (Å²) in [4.78, 5) is 24.5. The minimum Gasteiger partial charge on any atom is -0.460 e. The molecule has 0 aliphatic rings. The smallest absolute Gasteiger partial charge is 0.408 e. The van der Waals surface area contributed by atoms with E-state index in [0.717, 1.165) is 11.1 Å². The van der Waals surface area contributed by atoms with Gasteiger partial charge in [-0.05, 0) is 64.3 Å². The molecule has 0 aliphatic heterocycles. The van der Waals surface area contributed by atoms with Crippen molar-refractivity contribution in [3.63, 3.8) is 0 Å². The summed E-state index contributed by atoms with van der Waals surface area (Å²) in [5.74, 6) is -0.560. The molecular formula is C24H30ClNO4. The monoisotopic (exact) mass is 431 g/mol. The Morgan fingerprint density at radius 1 is 1.00 bits per heavy atom. The Kier molecular flexibility index (Phi) is 8.30. The maximum atomic E-state index is 12.6. The number of alkyl carbamates (subject to hydrolysis) is 1. The summed E-state index contributed by atoms with van der Waals surface area (Å²) in [6.07, 6.45) is -0.373. The van der Waals surface area contributed by atoms with Crippen LogP contribution in [0.25, 0.3) is 0 Å². The zero-order valence-corrected chi connectivity index (χ0v) is 18.9. The Balaban J connectivity index is 2.08. The average Bonchev–Trinajstić information content (AvgIpc) is 2.66. The molecule has 0 heterocycles. The van der Waals surface area contributed by atoms with Gasteiger partial charge in [0.15, 0.2) is 0 Å². The van der Waals surface area contributed by atoms with Crippen molar-refractivity contribution in [2.75, 3.05) is 0 Å². The van der Waals surface area contributed by atoms with E-state index in [1.807, 2.05) is 61.5 Å². The van der Waals surface area contributed by atoms with Crippen molar-refractivity contribution in [1.82, 2.24) is 5.32 Å². The maximum Gasteiger partial charge on any atom is 0.408 e. The lowest BCUT2D eigenvalue weighted by molar-refractivity contribution is -0.151. The number of esters is 1. The molecule has 2 aromatic carbocycles. The Bertz CT molecular complexity index is 831. The van der Waals surface area contributed by atoms with Crippen LogP contribution in [0.4, 0.5) is 4.79 Å². The standard InChI is InChI=1S/C24H30ClNO4/c1-16(26-23(28)30-24(3,4)5)22(27)29-17(2)21(19-9-7-6-8-10-19)15-18-11-13-20(25)14-12-18/h6-14,16-17,21H,15H2,1-5H3,(H,26,28)/t16-,17-,21-/m0/s1. The van der Waals surface area contributed by atoms with Crippen LogP contribution in [0.3, 0.4) is 0 Å². The third-order valence-electron chi connectivity index (χ3n) is 4.55. The third-order valence-corrected chi connectivity index (χ3v) is 4.80. The number of nitrogens with one attached hydrogen (secondary N) is 1. The van der Waals surface area contributed by atoms with Crippen LogP contribution >= 0.6 is 11.6 Å². The van der Waals surface area contributed by atoms with Gasteiger partial charge < -0.3 is 14.8 Å². The van der Waals surface area contributed by atoms with Crippen LogP contribution in [0.2, 0.25) is 5.02 Å². The molecule has 1 N–H and O–H groups in total. The van der Waals surface area contributed by atoms with E-state index in [-0.39, 0.29) is 5.92 Å². The number of carbonyl (C=O) groups is 2. The molecule has 0 aromatic heterocycles. The highest BCUT2D eigenvalue weighted by atomic mass is 35.5. The second kappa shape index (κ2) is 10.5. The highest BCUT2D eigenvalue weighted by molar-refractivity contribution is 6.30. The van der Waals surface area contributed by atoms with E-state index in [4.69, 9.17) is 21.1 Å². The van der Waals surface area contributed by atoms with Crippen molar-refractivity contribution in [2.45, 2.75) is 64.7 Å². The zero-order valence-electron chi connectivity index (χ0n) is 18.1. The van der Waals surface area contributed by atoms with Crippen LogP contribution in [0.1, 0.15) is 51.7 Å². The number of hydrogen-bond donors (Lipinski definition) is 1. The van der Waals surface area contributed by atoms with Gasteiger partial charge in [0.1, 0.15) is 17.7 Å². The number of benzene rings is 2. The predicted octanol–water partition coefficient (Wildman–Crippen LogP) is 5.51. The first kappa shape index (κ1) is 23.7. The summed E-state index contributed by atoms with van der Waals surface area (Å²) in [6, 6.07) is 16.7. The van der Waals surface area contributed by atoms with Gasteiger partial charge in [-0.2, -0.15) is 0 Å². The van der Waals surface area contributed by atoms with E-state index >= 15 is 0 Å². The second-order valence-electron chi connectivity index (χ2n) is 8.36. The molecule has 2 rings (SSSR count). The van der Waals surface area contributed by atoms with E-state index < -0.39 is 29.8 Å². The first-order chi connectivity index (χ1) is 14.0. The largest absolute Gasteiger partial charge is 0.460 e. The molecule has 0 radical (unpaired) electrons. The van der Waals surface area contributed by atoms with Crippen LogP contribution in [0.5, 0.6) is 0 Å². The summed E-state index contributed by atoms with van der Waals surface area (Å²) < 4.78 is 10.9. The van der Waals surface area contributed by atoms with E-state index in [0.29, 0.717) is 11.4 Å². The first-order valence-corrected chi connectivity index (χ1v) is 10.4. The van der Waals surface area contributed by atoms with Gasteiger partial charge in [-0.3, -0.25) is 0 Å². The topological polar surface area (TPSA) is 64.6 Å². The molecule has 2 aromatic rings. The number of halogens is 1. The second-order valence-corrected chi connectivity index (χ2v) is 8.79. The minimum atomic E-state index is -0.825. The quantitative estimate of drug-likeness (QED) is 0.587. The summed E-state index contributed by atoms with van der Waals surface area (Å²) in [6.45, 7) is 8.73. The summed E-state index contributed by atoms with van der Waals surface area (Å²) in [5.41, 5.74) is 1.52. The van der Waals surface area contributed by atoms with Crippen molar-refractivity contribution >= 4 is 23.7 Å². The molecule has 0 saturated carbocycles. The molecule has 5 nitrogen and oxygen atoms in total. The van der Waals surface area contributed by atoms with Crippen molar-refractivity contribution < 1.29 is 19.1 Å². The Hall–Kier alpha value is -2.53. The van der Waals surface area contributed by atoms with Gasteiger partial charge in [-0.15, -0.1) is 0 Å². The van der Waals surface area contributed by atoms with Crippen molar-refractivity contribution in [3.05, 3.63) is 70.7 Å². The molecule has 0 bridgehead atoms. The number of carbonyl (C=O) groups excluding carboxylic acids is 2. The van der Waals surface area contributed by atoms with Crippen LogP contribution in [0.15, 0.2) is 54.6 Å². The fraction of sp³-hybridized carbons (Fsp3) is 0.417. The minimum absolute atomic E-state index is 0.0509. The fourth-order valence-electron chi connectivity index (χ4n) is 3.04. The summed E-state index contributed by atoms with van der Waals surface area (Å²) >= 11 is 6.00. The zero-order chi connectivity index (χ0) is 22.3. The SMILES string of the molecule is C[C@H](NC(=O)OC(C)(C)C)C(=O)O[C@@H](C)[C@H](Cc1ccc(Cl)cc1)c1ccccc1. The summed E-state index contributed by atoms with van der Waals surface area (Å²) in [7, 11) is 0. The van der Waals surface area contributed by atoms with Gasteiger partial charge in [0, 0.05) is 10.9 Å². The third kappa shape index (κ3) is 7.71. The molecule has 1 amide bonds. The Labute approximate surface area is 183 Å². The lowest BCUT2D eigenvalue weighted by atomic mass is 9.88. The van der Waals surface area contributed by atoms with Crippen molar-refractivity contribution in [2.24, 2.45) is 0 Å². The predicted molar refractivity (Wildman–Crippen MR) is 119 cm³/mol. The van der Waals surface area contributed by atoms with Gasteiger partial charge in [0.2, 0.25) is 0 Å². The molecule has 162 valence electrons.